The lowest BCUT2D eigenvalue weighted by molar-refractivity contribution is -0.921. The van der Waals surface area contributed by atoms with E-state index < -0.39 is 0 Å². The third-order valence-electron chi connectivity index (χ3n) is 4.76. The molecule has 1 saturated carbocycles. The number of morpholine rings is 1. The third kappa shape index (κ3) is 6.40. The predicted molar refractivity (Wildman–Crippen MR) is 98.1 cm³/mol. The SMILES string of the molecule is C[NH+](CC(=O)Nc1ccc(C[NH+]2CCOCC2)cc1)CC(=O)NC1CC1. The maximum Gasteiger partial charge on any atom is 0.279 e. The number of hydrogen-bond acceptors (Lipinski definition) is 3. The van der Waals surface area contributed by atoms with E-state index in [2.05, 4.69) is 22.8 Å². The van der Waals surface area contributed by atoms with Crippen molar-refractivity contribution in [2.45, 2.75) is 25.4 Å². The Hall–Kier alpha value is -1.96. The van der Waals surface area contributed by atoms with Crippen LogP contribution in [-0.4, -0.2) is 64.3 Å². The molecule has 1 aliphatic heterocycles. The van der Waals surface area contributed by atoms with Crippen molar-refractivity contribution in [1.29, 1.82) is 0 Å². The number of quaternary nitrogens is 2. The largest absolute Gasteiger partial charge is 0.370 e. The summed E-state index contributed by atoms with van der Waals surface area (Å²) in [5.74, 6) is -0.0546. The van der Waals surface area contributed by atoms with E-state index >= 15 is 0 Å². The summed E-state index contributed by atoms with van der Waals surface area (Å²) < 4.78 is 5.38. The second kappa shape index (κ2) is 9.12. The fourth-order valence-electron chi connectivity index (χ4n) is 3.15. The maximum absolute atomic E-state index is 12.2. The maximum atomic E-state index is 12.2. The van der Waals surface area contributed by atoms with Crippen LogP contribution in [0.15, 0.2) is 24.3 Å². The minimum Gasteiger partial charge on any atom is -0.370 e. The lowest BCUT2D eigenvalue weighted by Crippen LogP contribution is -3.12. The zero-order valence-corrected chi connectivity index (χ0v) is 15.5. The van der Waals surface area contributed by atoms with Crippen molar-refractivity contribution in [1.82, 2.24) is 5.32 Å². The van der Waals surface area contributed by atoms with Crippen molar-refractivity contribution in [3.8, 4) is 0 Å². The zero-order chi connectivity index (χ0) is 18.4. The number of anilines is 1. The van der Waals surface area contributed by atoms with Crippen molar-refractivity contribution in [3.05, 3.63) is 29.8 Å². The lowest BCUT2D eigenvalue weighted by atomic mass is 10.2. The summed E-state index contributed by atoms with van der Waals surface area (Å²) in [6, 6.07) is 8.39. The molecular formula is C19H30N4O3+2. The van der Waals surface area contributed by atoms with E-state index in [9.17, 15) is 9.59 Å². The summed E-state index contributed by atoms with van der Waals surface area (Å²) in [4.78, 5) is 26.3. The quantitative estimate of drug-likeness (QED) is 0.425. The molecule has 2 aliphatic rings. The van der Waals surface area contributed by atoms with Crippen LogP contribution in [0.25, 0.3) is 0 Å². The summed E-state index contributed by atoms with van der Waals surface area (Å²) in [5.41, 5.74) is 2.06. The van der Waals surface area contributed by atoms with Gasteiger partial charge in [-0.25, -0.2) is 0 Å². The summed E-state index contributed by atoms with van der Waals surface area (Å²) >= 11 is 0. The number of carbonyl (C=O) groups excluding carboxylic acids is 2. The van der Waals surface area contributed by atoms with Gasteiger partial charge in [-0.2, -0.15) is 0 Å². The van der Waals surface area contributed by atoms with Crippen LogP contribution in [0.1, 0.15) is 18.4 Å². The average Bonchev–Trinajstić information content (AvgIpc) is 3.41. The predicted octanol–water partition coefficient (Wildman–Crippen LogP) is -2.17. The summed E-state index contributed by atoms with van der Waals surface area (Å²) in [5, 5.41) is 5.86. The number of carbonyl (C=O) groups is 2. The lowest BCUT2D eigenvalue weighted by Gasteiger charge is -2.23. The van der Waals surface area contributed by atoms with Gasteiger partial charge < -0.3 is 25.2 Å². The summed E-state index contributed by atoms with van der Waals surface area (Å²) in [6.45, 7) is 5.34. The van der Waals surface area contributed by atoms with Crippen LogP contribution >= 0.6 is 0 Å². The van der Waals surface area contributed by atoms with Gasteiger partial charge in [-0.1, -0.05) is 12.1 Å². The Morgan fingerprint density at radius 2 is 1.77 bits per heavy atom. The van der Waals surface area contributed by atoms with E-state index in [-0.39, 0.29) is 18.4 Å². The van der Waals surface area contributed by atoms with Crippen molar-refractivity contribution >= 4 is 17.5 Å². The first-order valence-electron chi connectivity index (χ1n) is 9.49. The van der Waals surface area contributed by atoms with Gasteiger partial charge in [0, 0.05) is 17.3 Å². The van der Waals surface area contributed by atoms with Gasteiger partial charge in [0.1, 0.15) is 19.6 Å². The van der Waals surface area contributed by atoms with Crippen LogP contribution in [0, 0.1) is 0 Å². The molecule has 7 heteroatoms. The standard InChI is InChI=1S/C19H28N4O3/c1-22(14-19(25)21-17-6-7-17)13-18(24)20-16-4-2-15(3-5-16)12-23-8-10-26-11-9-23/h2-5,17H,6-14H2,1H3,(H,20,24)(H,21,25)/p+2. The highest BCUT2D eigenvalue weighted by atomic mass is 16.5. The molecular weight excluding hydrogens is 332 g/mol. The molecule has 3 rings (SSSR count). The van der Waals surface area contributed by atoms with Gasteiger partial charge in [-0.15, -0.1) is 0 Å². The van der Waals surface area contributed by atoms with E-state index in [0.717, 1.165) is 56.3 Å². The summed E-state index contributed by atoms with van der Waals surface area (Å²) in [7, 11) is 1.86. The van der Waals surface area contributed by atoms with Crippen LogP contribution in [0.4, 0.5) is 5.69 Å². The molecule has 1 atom stereocenters. The molecule has 1 aromatic rings. The van der Waals surface area contributed by atoms with Crippen LogP contribution in [0.5, 0.6) is 0 Å². The molecule has 0 aromatic heterocycles. The Kier molecular flexibility index (Phi) is 6.60. The van der Waals surface area contributed by atoms with Crippen LogP contribution in [0.2, 0.25) is 0 Å². The Balaban J connectivity index is 1.39. The Labute approximate surface area is 154 Å². The first-order chi connectivity index (χ1) is 12.6. The number of amides is 2. The Bertz CT molecular complexity index is 610. The topological polar surface area (TPSA) is 76.3 Å². The first-order valence-corrected chi connectivity index (χ1v) is 9.49. The van der Waals surface area contributed by atoms with E-state index in [4.69, 9.17) is 4.74 Å². The van der Waals surface area contributed by atoms with Gasteiger partial charge in [0.2, 0.25) is 0 Å². The third-order valence-corrected chi connectivity index (χ3v) is 4.76. The molecule has 0 spiro atoms. The van der Waals surface area contributed by atoms with E-state index in [0.29, 0.717) is 12.6 Å². The van der Waals surface area contributed by atoms with Gasteiger partial charge in [0.25, 0.3) is 11.8 Å². The van der Waals surface area contributed by atoms with Gasteiger partial charge in [0.05, 0.1) is 20.3 Å². The second-order valence-corrected chi connectivity index (χ2v) is 7.44. The van der Waals surface area contributed by atoms with Gasteiger partial charge in [-0.3, -0.25) is 9.59 Å². The fourth-order valence-corrected chi connectivity index (χ4v) is 3.15. The average molecular weight is 362 g/mol. The smallest absolute Gasteiger partial charge is 0.279 e. The molecule has 4 N–H and O–H groups in total. The van der Waals surface area contributed by atoms with Crippen molar-refractivity contribution in [3.63, 3.8) is 0 Å². The molecule has 7 nitrogen and oxygen atoms in total. The normalized spacial score (nSPS) is 19.0. The van der Waals surface area contributed by atoms with Crippen molar-refractivity contribution in [2.75, 3.05) is 51.8 Å². The Morgan fingerprint density at radius 1 is 1.12 bits per heavy atom. The molecule has 1 unspecified atom stereocenters. The highest BCUT2D eigenvalue weighted by Gasteiger charge is 2.25. The van der Waals surface area contributed by atoms with E-state index in [1.807, 2.05) is 19.2 Å². The van der Waals surface area contributed by atoms with E-state index in [1.165, 1.54) is 10.5 Å². The minimum absolute atomic E-state index is 0.0211. The molecule has 1 aromatic carbocycles. The number of rotatable bonds is 8. The zero-order valence-electron chi connectivity index (χ0n) is 15.5. The van der Waals surface area contributed by atoms with Gasteiger partial charge >= 0.3 is 0 Å². The highest BCUT2D eigenvalue weighted by Crippen LogP contribution is 2.17. The highest BCUT2D eigenvalue weighted by molar-refractivity contribution is 5.91. The van der Waals surface area contributed by atoms with Crippen molar-refractivity contribution < 1.29 is 24.1 Å². The molecule has 1 aliphatic carbocycles. The first kappa shape index (κ1) is 18.8. The second-order valence-electron chi connectivity index (χ2n) is 7.44. The monoisotopic (exact) mass is 362 g/mol. The molecule has 2 amide bonds. The number of benzene rings is 1. The summed E-state index contributed by atoms with van der Waals surface area (Å²) in [6.07, 6.45) is 2.16. The van der Waals surface area contributed by atoms with Gasteiger partial charge in [-0.05, 0) is 25.0 Å². The van der Waals surface area contributed by atoms with Gasteiger partial charge in [0.15, 0.2) is 13.1 Å². The molecule has 0 radical (unpaired) electrons. The number of nitrogens with one attached hydrogen (secondary N) is 4. The van der Waals surface area contributed by atoms with Crippen molar-refractivity contribution in [2.24, 2.45) is 0 Å². The molecule has 1 heterocycles. The molecule has 1 saturated heterocycles. The number of ether oxygens (including phenoxy) is 1. The number of hydrogen-bond donors (Lipinski definition) is 4. The number of likely N-dealkylation sites (N-methyl/N-ethyl adjacent to an activating group) is 1. The van der Waals surface area contributed by atoms with Crippen LogP contribution < -0.4 is 20.4 Å². The molecule has 142 valence electrons. The van der Waals surface area contributed by atoms with Crippen LogP contribution in [0.3, 0.4) is 0 Å². The molecule has 2 fully saturated rings. The van der Waals surface area contributed by atoms with Crippen LogP contribution in [-0.2, 0) is 20.9 Å². The Morgan fingerprint density at radius 3 is 2.42 bits per heavy atom. The molecule has 0 bridgehead atoms. The van der Waals surface area contributed by atoms with E-state index in [1.54, 1.807) is 0 Å². The minimum atomic E-state index is -0.0757. The fraction of sp³-hybridized carbons (Fsp3) is 0.579. The molecule has 26 heavy (non-hydrogen) atoms.